The average molecular weight is 183 g/mol. The van der Waals surface area contributed by atoms with Crippen molar-refractivity contribution in [3.63, 3.8) is 0 Å². The molecule has 0 aromatic carbocycles. The molecular weight excluding hydrogens is 166 g/mol. The number of rotatable bonds is 4. The van der Waals surface area contributed by atoms with Crippen molar-refractivity contribution in [1.29, 1.82) is 0 Å². The molecule has 0 aliphatic carbocycles. The predicted octanol–water partition coefficient (Wildman–Crippen LogP) is 0.403. The minimum absolute atomic E-state index is 0.0904. The molecular formula is C10H17NO2. The van der Waals surface area contributed by atoms with Crippen LogP contribution in [0.15, 0.2) is 0 Å². The second-order valence-corrected chi connectivity index (χ2v) is 3.46. The highest BCUT2D eigenvalue weighted by atomic mass is 16.5. The molecule has 0 aromatic rings. The first-order valence-corrected chi connectivity index (χ1v) is 4.55. The van der Waals surface area contributed by atoms with E-state index in [1.165, 1.54) is 0 Å². The summed E-state index contributed by atoms with van der Waals surface area (Å²) < 4.78 is 10.7. The SMILES string of the molecule is C#CC(C)NCC1(OC)CCOC1. The van der Waals surface area contributed by atoms with Crippen LogP contribution in [0.4, 0.5) is 0 Å². The van der Waals surface area contributed by atoms with E-state index >= 15 is 0 Å². The van der Waals surface area contributed by atoms with Crippen LogP contribution in [0.2, 0.25) is 0 Å². The van der Waals surface area contributed by atoms with Crippen molar-refractivity contribution < 1.29 is 9.47 Å². The molecule has 2 unspecified atom stereocenters. The lowest BCUT2D eigenvalue weighted by atomic mass is 10.0. The second-order valence-electron chi connectivity index (χ2n) is 3.46. The number of nitrogens with one attached hydrogen (secondary N) is 1. The molecule has 1 rings (SSSR count). The van der Waals surface area contributed by atoms with Gasteiger partial charge in [-0.1, -0.05) is 5.92 Å². The van der Waals surface area contributed by atoms with Gasteiger partial charge in [0.1, 0.15) is 5.60 Å². The zero-order chi connectivity index (χ0) is 9.73. The van der Waals surface area contributed by atoms with Crippen LogP contribution < -0.4 is 5.32 Å². The number of methoxy groups -OCH3 is 1. The molecule has 3 nitrogen and oxygen atoms in total. The van der Waals surface area contributed by atoms with Crippen molar-refractivity contribution >= 4 is 0 Å². The summed E-state index contributed by atoms with van der Waals surface area (Å²) in [5.41, 5.74) is -0.162. The number of hydrogen-bond acceptors (Lipinski definition) is 3. The van der Waals surface area contributed by atoms with Crippen molar-refractivity contribution in [3.05, 3.63) is 0 Å². The summed E-state index contributed by atoms with van der Waals surface area (Å²) in [6.07, 6.45) is 6.20. The Balaban J connectivity index is 2.36. The minimum atomic E-state index is -0.162. The monoisotopic (exact) mass is 183 g/mol. The van der Waals surface area contributed by atoms with Crippen molar-refractivity contribution in [2.24, 2.45) is 0 Å². The third kappa shape index (κ3) is 2.70. The summed E-state index contributed by atoms with van der Waals surface area (Å²) in [6, 6.07) is 0.0904. The van der Waals surface area contributed by atoms with Gasteiger partial charge in [0.15, 0.2) is 0 Å². The number of hydrogen-bond donors (Lipinski definition) is 1. The van der Waals surface area contributed by atoms with Gasteiger partial charge in [-0.25, -0.2) is 0 Å². The first-order chi connectivity index (χ1) is 6.22. The first kappa shape index (κ1) is 10.5. The third-order valence-electron chi connectivity index (χ3n) is 2.48. The van der Waals surface area contributed by atoms with Gasteiger partial charge in [-0.05, 0) is 6.92 Å². The van der Waals surface area contributed by atoms with Gasteiger partial charge in [0.25, 0.3) is 0 Å². The van der Waals surface area contributed by atoms with Crippen LogP contribution >= 0.6 is 0 Å². The topological polar surface area (TPSA) is 30.5 Å². The largest absolute Gasteiger partial charge is 0.378 e. The summed E-state index contributed by atoms with van der Waals surface area (Å²) in [4.78, 5) is 0. The summed E-state index contributed by atoms with van der Waals surface area (Å²) in [7, 11) is 1.72. The maximum Gasteiger partial charge on any atom is 0.106 e. The molecule has 1 heterocycles. The van der Waals surface area contributed by atoms with Crippen LogP contribution in [-0.2, 0) is 9.47 Å². The van der Waals surface area contributed by atoms with Crippen molar-refractivity contribution in [2.45, 2.75) is 25.0 Å². The molecule has 2 atom stereocenters. The molecule has 0 amide bonds. The molecule has 1 aliphatic heterocycles. The van der Waals surface area contributed by atoms with Crippen LogP contribution in [-0.4, -0.2) is 38.5 Å². The third-order valence-corrected chi connectivity index (χ3v) is 2.48. The summed E-state index contributed by atoms with van der Waals surface area (Å²) in [5, 5.41) is 3.22. The van der Waals surface area contributed by atoms with Crippen molar-refractivity contribution in [1.82, 2.24) is 5.32 Å². The molecule has 0 aromatic heterocycles. The van der Waals surface area contributed by atoms with Gasteiger partial charge >= 0.3 is 0 Å². The lowest BCUT2D eigenvalue weighted by molar-refractivity contribution is -0.0162. The van der Waals surface area contributed by atoms with Crippen LogP contribution in [0, 0.1) is 12.3 Å². The Morgan fingerprint density at radius 3 is 3.00 bits per heavy atom. The van der Waals surface area contributed by atoms with E-state index in [4.69, 9.17) is 15.9 Å². The van der Waals surface area contributed by atoms with Crippen LogP contribution in [0.3, 0.4) is 0 Å². The van der Waals surface area contributed by atoms with E-state index in [1.54, 1.807) is 7.11 Å². The molecule has 3 heteroatoms. The maximum atomic E-state index is 5.44. The van der Waals surface area contributed by atoms with Gasteiger partial charge in [0, 0.05) is 26.7 Å². The van der Waals surface area contributed by atoms with E-state index in [1.807, 2.05) is 6.92 Å². The maximum absolute atomic E-state index is 5.44. The highest BCUT2D eigenvalue weighted by molar-refractivity contribution is 4.98. The van der Waals surface area contributed by atoms with Crippen molar-refractivity contribution in [2.75, 3.05) is 26.9 Å². The molecule has 0 saturated carbocycles. The molecule has 0 bridgehead atoms. The molecule has 1 N–H and O–H groups in total. The van der Waals surface area contributed by atoms with E-state index in [2.05, 4.69) is 11.2 Å². The quantitative estimate of drug-likeness (QED) is 0.640. The highest BCUT2D eigenvalue weighted by Crippen LogP contribution is 2.21. The van der Waals surface area contributed by atoms with Gasteiger partial charge in [-0.2, -0.15) is 0 Å². The molecule has 1 fully saturated rings. The van der Waals surface area contributed by atoms with E-state index in [0.717, 1.165) is 19.6 Å². The molecule has 0 radical (unpaired) electrons. The minimum Gasteiger partial charge on any atom is -0.378 e. The summed E-state index contributed by atoms with van der Waals surface area (Å²) in [6.45, 7) is 4.15. The van der Waals surface area contributed by atoms with Crippen LogP contribution in [0.25, 0.3) is 0 Å². The number of terminal acetylenes is 1. The molecule has 0 spiro atoms. The molecule has 1 aliphatic rings. The van der Waals surface area contributed by atoms with Gasteiger partial charge in [-0.15, -0.1) is 6.42 Å². The average Bonchev–Trinajstić information content (AvgIpc) is 2.63. The zero-order valence-electron chi connectivity index (χ0n) is 8.30. The Morgan fingerprint density at radius 2 is 2.54 bits per heavy atom. The highest BCUT2D eigenvalue weighted by Gasteiger charge is 2.34. The lowest BCUT2D eigenvalue weighted by Gasteiger charge is -2.26. The molecule has 13 heavy (non-hydrogen) atoms. The van der Waals surface area contributed by atoms with E-state index in [-0.39, 0.29) is 11.6 Å². The van der Waals surface area contributed by atoms with E-state index in [9.17, 15) is 0 Å². The Morgan fingerprint density at radius 1 is 1.77 bits per heavy atom. The predicted molar refractivity (Wildman–Crippen MR) is 51.5 cm³/mol. The molecule has 1 saturated heterocycles. The normalized spacial score (nSPS) is 29.9. The van der Waals surface area contributed by atoms with Gasteiger partial charge in [0.05, 0.1) is 12.6 Å². The van der Waals surface area contributed by atoms with Crippen LogP contribution in [0.1, 0.15) is 13.3 Å². The zero-order valence-corrected chi connectivity index (χ0v) is 8.30. The Hall–Kier alpha value is -0.560. The summed E-state index contributed by atoms with van der Waals surface area (Å²) >= 11 is 0. The first-order valence-electron chi connectivity index (χ1n) is 4.55. The van der Waals surface area contributed by atoms with E-state index < -0.39 is 0 Å². The lowest BCUT2D eigenvalue weighted by Crippen LogP contribution is -2.45. The second kappa shape index (κ2) is 4.61. The van der Waals surface area contributed by atoms with Gasteiger partial charge in [-0.3, -0.25) is 0 Å². The smallest absolute Gasteiger partial charge is 0.106 e. The Bertz CT molecular complexity index is 192. The Kier molecular flexibility index (Phi) is 3.73. The fourth-order valence-electron chi connectivity index (χ4n) is 1.36. The Labute approximate surface area is 79.8 Å². The van der Waals surface area contributed by atoms with Gasteiger partial charge < -0.3 is 14.8 Å². The fourth-order valence-corrected chi connectivity index (χ4v) is 1.36. The standard InChI is InChI=1S/C10H17NO2/c1-4-9(2)11-7-10(12-3)5-6-13-8-10/h1,9,11H,5-8H2,2-3H3. The molecule has 74 valence electrons. The fraction of sp³-hybridized carbons (Fsp3) is 0.800. The van der Waals surface area contributed by atoms with Crippen molar-refractivity contribution in [3.8, 4) is 12.3 Å². The van der Waals surface area contributed by atoms with Gasteiger partial charge in [0.2, 0.25) is 0 Å². The number of ether oxygens (including phenoxy) is 2. The summed E-state index contributed by atoms with van der Waals surface area (Å²) in [5.74, 6) is 2.62. The van der Waals surface area contributed by atoms with E-state index in [0.29, 0.717) is 6.61 Å². The van der Waals surface area contributed by atoms with Crippen LogP contribution in [0.5, 0.6) is 0 Å².